The van der Waals surface area contributed by atoms with Gasteiger partial charge in [-0.15, -0.1) is 0 Å². The Morgan fingerprint density at radius 1 is 0.964 bits per heavy atom. The highest BCUT2D eigenvalue weighted by molar-refractivity contribution is 5.61. The maximum Gasteiger partial charge on any atom is 0.123 e. The predicted molar refractivity (Wildman–Crippen MR) is 110 cm³/mol. The molecule has 0 radical (unpaired) electrons. The molecule has 3 heteroatoms. The fourth-order valence-corrected chi connectivity index (χ4v) is 4.40. The molecule has 1 N–H and O–H groups in total. The molecule has 0 fully saturated rings. The second-order valence-electron chi connectivity index (χ2n) is 7.55. The summed E-state index contributed by atoms with van der Waals surface area (Å²) < 4.78 is 19.4. The molecule has 2 aliphatic rings. The summed E-state index contributed by atoms with van der Waals surface area (Å²) in [6.07, 6.45) is 5.59. The van der Waals surface area contributed by atoms with Crippen LogP contribution in [0.2, 0.25) is 0 Å². The van der Waals surface area contributed by atoms with Crippen LogP contribution >= 0.6 is 0 Å². The topological polar surface area (TPSA) is 21.3 Å². The molecule has 1 aliphatic heterocycles. The Balaban J connectivity index is 1.41. The molecule has 0 spiro atoms. The minimum atomic E-state index is -0.193. The Morgan fingerprint density at radius 3 is 2.61 bits per heavy atom. The van der Waals surface area contributed by atoms with Crippen molar-refractivity contribution in [2.24, 2.45) is 5.92 Å². The predicted octanol–water partition coefficient (Wildman–Crippen LogP) is 6.23. The van der Waals surface area contributed by atoms with E-state index < -0.39 is 0 Å². The molecule has 0 saturated carbocycles. The molecule has 5 rings (SSSR count). The molecule has 140 valence electrons. The van der Waals surface area contributed by atoms with E-state index in [0.29, 0.717) is 18.4 Å². The van der Waals surface area contributed by atoms with E-state index in [1.54, 1.807) is 12.1 Å². The van der Waals surface area contributed by atoms with Gasteiger partial charge in [-0.2, -0.15) is 0 Å². The number of rotatable bonds is 4. The summed E-state index contributed by atoms with van der Waals surface area (Å²) in [5, 5.41) is 3.69. The average Bonchev–Trinajstić information content (AvgIpc) is 3.23. The van der Waals surface area contributed by atoms with Crippen LogP contribution in [0.3, 0.4) is 0 Å². The third-order valence-electron chi connectivity index (χ3n) is 5.81. The molecule has 0 aromatic heterocycles. The lowest BCUT2D eigenvalue weighted by atomic mass is 9.77. The molecule has 3 atom stereocenters. The van der Waals surface area contributed by atoms with Gasteiger partial charge in [0, 0.05) is 11.6 Å². The van der Waals surface area contributed by atoms with E-state index in [1.807, 2.05) is 36.4 Å². The SMILES string of the molecule is Fc1ccc(C2Nc3ccc(OCc4ccccc4)cc3C3C=CCC32)cc1. The lowest BCUT2D eigenvalue weighted by Crippen LogP contribution is -2.29. The van der Waals surface area contributed by atoms with E-state index in [0.717, 1.165) is 29.0 Å². The van der Waals surface area contributed by atoms with E-state index >= 15 is 0 Å². The molecule has 3 aromatic carbocycles. The van der Waals surface area contributed by atoms with Crippen molar-refractivity contribution in [2.45, 2.75) is 25.0 Å². The lowest BCUT2D eigenvalue weighted by Gasteiger charge is -2.37. The average molecular weight is 371 g/mol. The summed E-state index contributed by atoms with van der Waals surface area (Å²) in [6.45, 7) is 0.565. The van der Waals surface area contributed by atoms with Gasteiger partial charge in [-0.3, -0.25) is 0 Å². The molecule has 0 amide bonds. The first-order chi connectivity index (χ1) is 13.8. The second-order valence-corrected chi connectivity index (χ2v) is 7.55. The van der Waals surface area contributed by atoms with Gasteiger partial charge in [0.15, 0.2) is 0 Å². The van der Waals surface area contributed by atoms with E-state index in [-0.39, 0.29) is 11.9 Å². The van der Waals surface area contributed by atoms with E-state index in [2.05, 4.69) is 41.7 Å². The maximum atomic E-state index is 13.4. The van der Waals surface area contributed by atoms with Crippen molar-refractivity contribution in [3.8, 4) is 5.75 Å². The quantitative estimate of drug-likeness (QED) is 0.549. The van der Waals surface area contributed by atoms with E-state index in [1.165, 1.54) is 5.56 Å². The minimum absolute atomic E-state index is 0.184. The largest absolute Gasteiger partial charge is 0.489 e. The van der Waals surface area contributed by atoms with Crippen molar-refractivity contribution in [2.75, 3.05) is 5.32 Å². The van der Waals surface area contributed by atoms with Crippen LogP contribution in [0, 0.1) is 11.7 Å². The first-order valence-electron chi connectivity index (χ1n) is 9.77. The van der Waals surface area contributed by atoms with Gasteiger partial charge >= 0.3 is 0 Å². The lowest BCUT2D eigenvalue weighted by molar-refractivity contribution is 0.305. The second kappa shape index (κ2) is 7.16. The van der Waals surface area contributed by atoms with Crippen LogP contribution in [0.4, 0.5) is 10.1 Å². The third kappa shape index (κ3) is 3.18. The number of allylic oxidation sites excluding steroid dienone is 2. The Bertz CT molecular complexity index is 997. The first kappa shape index (κ1) is 17.1. The summed E-state index contributed by atoms with van der Waals surface area (Å²) >= 11 is 0. The maximum absolute atomic E-state index is 13.4. The van der Waals surface area contributed by atoms with Crippen molar-refractivity contribution in [3.05, 3.63) is 107 Å². The van der Waals surface area contributed by atoms with Crippen LogP contribution in [0.1, 0.15) is 35.1 Å². The smallest absolute Gasteiger partial charge is 0.123 e. The highest BCUT2D eigenvalue weighted by atomic mass is 19.1. The Morgan fingerprint density at radius 2 is 1.79 bits per heavy atom. The van der Waals surface area contributed by atoms with E-state index in [4.69, 9.17) is 4.74 Å². The fourth-order valence-electron chi connectivity index (χ4n) is 4.40. The minimum Gasteiger partial charge on any atom is -0.489 e. The number of nitrogens with one attached hydrogen (secondary N) is 1. The molecule has 2 nitrogen and oxygen atoms in total. The molecule has 1 aliphatic carbocycles. The van der Waals surface area contributed by atoms with Crippen LogP contribution < -0.4 is 10.1 Å². The Labute approximate surface area is 164 Å². The number of fused-ring (bicyclic) bond motifs is 3. The molecule has 3 aromatic rings. The molecular weight excluding hydrogens is 349 g/mol. The van der Waals surface area contributed by atoms with Gasteiger partial charge in [-0.05, 0) is 59.4 Å². The van der Waals surface area contributed by atoms with Gasteiger partial charge in [0.05, 0.1) is 6.04 Å². The molecule has 0 bridgehead atoms. The zero-order valence-electron chi connectivity index (χ0n) is 15.5. The van der Waals surface area contributed by atoms with Gasteiger partial charge in [0.2, 0.25) is 0 Å². The molecule has 0 saturated heterocycles. The standard InChI is InChI=1S/C25H22FNO/c26-19-11-9-18(10-12-19)25-22-8-4-7-21(22)23-15-20(13-14-24(23)27-25)28-16-17-5-2-1-3-6-17/h1-7,9-15,21-22,25,27H,8,16H2. The number of hydrogen-bond donors (Lipinski definition) is 1. The van der Waals surface area contributed by atoms with Crippen molar-refractivity contribution in [3.63, 3.8) is 0 Å². The Hall–Kier alpha value is -3.07. The highest BCUT2D eigenvalue weighted by Gasteiger charge is 2.38. The summed E-state index contributed by atoms with van der Waals surface area (Å²) in [6, 6.07) is 23.6. The number of benzene rings is 3. The number of anilines is 1. The molecule has 1 heterocycles. The van der Waals surface area contributed by atoms with Gasteiger partial charge in [-0.25, -0.2) is 4.39 Å². The third-order valence-corrected chi connectivity index (χ3v) is 5.81. The van der Waals surface area contributed by atoms with Crippen molar-refractivity contribution in [1.29, 1.82) is 0 Å². The van der Waals surface area contributed by atoms with Crippen molar-refractivity contribution >= 4 is 5.69 Å². The number of ether oxygens (including phenoxy) is 1. The van der Waals surface area contributed by atoms with Crippen molar-refractivity contribution in [1.82, 2.24) is 0 Å². The van der Waals surface area contributed by atoms with Crippen LogP contribution in [0.5, 0.6) is 5.75 Å². The van der Waals surface area contributed by atoms with Crippen LogP contribution in [-0.2, 0) is 6.61 Å². The molecule has 28 heavy (non-hydrogen) atoms. The fraction of sp³-hybridized carbons (Fsp3) is 0.200. The van der Waals surface area contributed by atoms with Gasteiger partial charge in [0.25, 0.3) is 0 Å². The van der Waals surface area contributed by atoms with Crippen molar-refractivity contribution < 1.29 is 9.13 Å². The van der Waals surface area contributed by atoms with Crippen LogP contribution in [0.25, 0.3) is 0 Å². The van der Waals surface area contributed by atoms with E-state index in [9.17, 15) is 4.39 Å². The summed E-state index contributed by atoms with van der Waals surface area (Å²) in [7, 11) is 0. The summed E-state index contributed by atoms with van der Waals surface area (Å²) in [4.78, 5) is 0. The van der Waals surface area contributed by atoms with Gasteiger partial charge in [0.1, 0.15) is 18.2 Å². The van der Waals surface area contributed by atoms with Gasteiger partial charge < -0.3 is 10.1 Å². The van der Waals surface area contributed by atoms with Crippen LogP contribution in [0.15, 0.2) is 84.9 Å². The molecule has 3 unspecified atom stereocenters. The highest BCUT2D eigenvalue weighted by Crippen LogP contribution is 2.50. The monoisotopic (exact) mass is 371 g/mol. The zero-order valence-corrected chi connectivity index (χ0v) is 15.5. The number of halogens is 1. The first-order valence-corrected chi connectivity index (χ1v) is 9.77. The molecular formula is C25H22FNO. The summed E-state index contributed by atoms with van der Waals surface area (Å²) in [5.74, 6) is 1.49. The van der Waals surface area contributed by atoms with Gasteiger partial charge in [-0.1, -0.05) is 54.6 Å². The summed E-state index contributed by atoms with van der Waals surface area (Å²) in [5.41, 5.74) is 4.71. The zero-order chi connectivity index (χ0) is 18.9. The number of hydrogen-bond acceptors (Lipinski definition) is 2. The van der Waals surface area contributed by atoms with Crippen LogP contribution in [-0.4, -0.2) is 0 Å². The normalized spacial score (nSPS) is 22.2. The Kier molecular flexibility index (Phi) is 4.36.